The Bertz CT molecular complexity index is 1940. The predicted octanol–water partition coefficient (Wildman–Crippen LogP) is 7.64. The molecule has 0 radical (unpaired) electrons. The number of nitro groups is 1. The minimum absolute atomic E-state index is 0.0113. The van der Waals surface area contributed by atoms with Crippen LogP contribution in [0.5, 0.6) is 0 Å². The number of aromatic nitrogens is 3. The number of rotatable bonds is 10. The van der Waals surface area contributed by atoms with Crippen LogP contribution in [-0.4, -0.2) is 25.6 Å². The van der Waals surface area contributed by atoms with Crippen molar-refractivity contribution in [3.05, 3.63) is 160 Å². The maximum absolute atomic E-state index is 13.7. The fourth-order valence-corrected chi connectivity index (χ4v) is 6.05. The number of thioether (sulfide) groups is 1. The molecule has 5 aromatic carbocycles. The molecular formula is C35H29N5O3S. The molecule has 1 unspecified atom stereocenters. The Morgan fingerprint density at radius 1 is 0.841 bits per heavy atom. The van der Waals surface area contributed by atoms with Crippen LogP contribution in [0.2, 0.25) is 0 Å². The molecule has 218 valence electrons. The number of nitrogens with zero attached hydrogens (tertiary/aromatic N) is 4. The van der Waals surface area contributed by atoms with Gasteiger partial charge >= 0.3 is 0 Å². The van der Waals surface area contributed by atoms with Crippen molar-refractivity contribution in [3.63, 3.8) is 0 Å². The van der Waals surface area contributed by atoms with E-state index in [9.17, 15) is 14.9 Å². The number of carbonyl (C=O) groups excluding carboxylic acids is 1. The van der Waals surface area contributed by atoms with Crippen molar-refractivity contribution in [3.8, 4) is 5.69 Å². The Balaban J connectivity index is 1.40. The highest BCUT2D eigenvalue weighted by Crippen LogP contribution is 2.30. The second-order valence-corrected chi connectivity index (χ2v) is 11.4. The fourth-order valence-electron chi connectivity index (χ4n) is 5.15. The monoisotopic (exact) mass is 599 g/mol. The Morgan fingerprint density at radius 2 is 1.57 bits per heavy atom. The van der Waals surface area contributed by atoms with Crippen LogP contribution in [0.1, 0.15) is 38.9 Å². The molecule has 0 spiro atoms. The first kappa shape index (κ1) is 28.8. The molecule has 1 aromatic heterocycles. The van der Waals surface area contributed by atoms with Crippen LogP contribution < -0.4 is 5.32 Å². The zero-order valence-corrected chi connectivity index (χ0v) is 24.8. The molecule has 8 nitrogen and oxygen atoms in total. The number of carbonyl (C=O) groups is 1. The number of hydrogen-bond acceptors (Lipinski definition) is 6. The molecule has 0 bridgehead atoms. The number of nitro benzene ring substituents is 1. The first-order valence-corrected chi connectivity index (χ1v) is 15.2. The SMILES string of the molecule is Cc1cccc(CSc2nnc(C(Cc3ccccc3)NC(=O)c3ccc4ccccc4c3)n2-c2ccc([N+](=O)[O-])cc2)c1. The number of non-ortho nitro benzene ring substituents is 1. The second-order valence-electron chi connectivity index (χ2n) is 10.5. The molecule has 0 aliphatic heterocycles. The van der Waals surface area contributed by atoms with Gasteiger partial charge in [0.05, 0.1) is 11.0 Å². The number of benzene rings is 5. The van der Waals surface area contributed by atoms with Crippen molar-refractivity contribution in [1.82, 2.24) is 20.1 Å². The van der Waals surface area contributed by atoms with Gasteiger partial charge in [-0.05, 0) is 59.5 Å². The Kier molecular flexibility index (Phi) is 8.47. The molecule has 0 aliphatic carbocycles. The van der Waals surface area contributed by atoms with Gasteiger partial charge in [-0.3, -0.25) is 19.5 Å². The number of fused-ring (bicyclic) bond motifs is 1. The molecule has 0 saturated carbocycles. The summed E-state index contributed by atoms with van der Waals surface area (Å²) in [5, 5.41) is 26.4. The summed E-state index contributed by atoms with van der Waals surface area (Å²) in [5.74, 6) is 0.951. The van der Waals surface area contributed by atoms with Crippen LogP contribution in [0.25, 0.3) is 16.5 Å². The van der Waals surface area contributed by atoms with E-state index in [0.717, 1.165) is 21.9 Å². The smallest absolute Gasteiger partial charge is 0.269 e. The van der Waals surface area contributed by atoms with E-state index < -0.39 is 11.0 Å². The molecule has 9 heteroatoms. The summed E-state index contributed by atoms with van der Waals surface area (Å²) in [6, 6.07) is 37.5. The number of nitrogens with one attached hydrogen (secondary N) is 1. The topological polar surface area (TPSA) is 103 Å². The zero-order valence-electron chi connectivity index (χ0n) is 24.0. The van der Waals surface area contributed by atoms with E-state index in [1.165, 1.54) is 29.5 Å². The highest BCUT2D eigenvalue weighted by molar-refractivity contribution is 7.98. The van der Waals surface area contributed by atoms with Crippen molar-refractivity contribution in [1.29, 1.82) is 0 Å². The third kappa shape index (κ3) is 6.53. The molecule has 1 amide bonds. The van der Waals surface area contributed by atoms with E-state index >= 15 is 0 Å². The predicted molar refractivity (Wildman–Crippen MR) is 173 cm³/mol. The van der Waals surface area contributed by atoms with Gasteiger partial charge in [0.2, 0.25) is 0 Å². The van der Waals surface area contributed by atoms with Crippen LogP contribution in [0.4, 0.5) is 5.69 Å². The van der Waals surface area contributed by atoms with E-state index in [1.54, 1.807) is 12.1 Å². The van der Waals surface area contributed by atoms with E-state index in [4.69, 9.17) is 0 Å². The van der Waals surface area contributed by atoms with Gasteiger partial charge < -0.3 is 5.32 Å². The summed E-state index contributed by atoms with van der Waals surface area (Å²) >= 11 is 1.52. The molecule has 6 aromatic rings. The van der Waals surface area contributed by atoms with Crippen LogP contribution >= 0.6 is 11.8 Å². The molecular weight excluding hydrogens is 570 g/mol. The minimum Gasteiger partial charge on any atom is -0.342 e. The standard InChI is InChI=1S/C35H29N5O3S/c1-24-8-7-11-26(20-24)23-44-35-38-37-33(39(35)30-16-18-31(19-17-30)40(42)43)32(21-25-9-3-2-4-10-25)36-34(41)29-15-14-27-12-5-6-13-28(27)22-29/h2-20,22,32H,21,23H2,1H3,(H,36,41). The number of amides is 1. The van der Waals surface area contributed by atoms with Crippen LogP contribution in [0.3, 0.4) is 0 Å². The van der Waals surface area contributed by atoms with Crippen molar-refractivity contribution in [2.24, 2.45) is 0 Å². The van der Waals surface area contributed by atoms with Gasteiger partial charge in [0.25, 0.3) is 11.6 Å². The lowest BCUT2D eigenvalue weighted by Crippen LogP contribution is -2.32. The second kappa shape index (κ2) is 12.9. The third-order valence-corrected chi connectivity index (χ3v) is 8.34. The Labute approximate surface area is 258 Å². The van der Waals surface area contributed by atoms with Gasteiger partial charge in [0.1, 0.15) is 0 Å². The molecule has 1 atom stereocenters. The van der Waals surface area contributed by atoms with Gasteiger partial charge in [-0.2, -0.15) is 0 Å². The van der Waals surface area contributed by atoms with Crippen molar-refractivity contribution >= 4 is 34.1 Å². The largest absolute Gasteiger partial charge is 0.342 e. The van der Waals surface area contributed by atoms with E-state index in [1.807, 2.05) is 83.4 Å². The van der Waals surface area contributed by atoms with Crippen LogP contribution in [-0.2, 0) is 12.2 Å². The molecule has 44 heavy (non-hydrogen) atoms. The molecule has 0 aliphatic rings. The van der Waals surface area contributed by atoms with Gasteiger partial charge in [0.15, 0.2) is 11.0 Å². The fraction of sp³-hybridized carbons (Fsp3) is 0.114. The summed E-state index contributed by atoms with van der Waals surface area (Å²) in [7, 11) is 0. The molecule has 0 saturated heterocycles. The molecule has 0 fully saturated rings. The molecule has 6 rings (SSSR count). The van der Waals surface area contributed by atoms with Crippen molar-refractivity contribution < 1.29 is 9.72 Å². The minimum atomic E-state index is -0.549. The average Bonchev–Trinajstić information content (AvgIpc) is 3.47. The van der Waals surface area contributed by atoms with Gasteiger partial charge in [0, 0.05) is 29.1 Å². The maximum atomic E-state index is 13.7. The summed E-state index contributed by atoms with van der Waals surface area (Å²) in [4.78, 5) is 24.7. The first-order valence-electron chi connectivity index (χ1n) is 14.2. The first-order chi connectivity index (χ1) is 21.4. The van der Waals surface area contributed by atoms with E-state index in [2.05, 4.69) is 40.6 Å². The highest BCUT2D eigenvalue weighted by atomic mass is 32.2. The normalized spacial score (nSPS) is 11.8. The summed E-state index contributed by atoms with van der Waals surface area (Å²) in [6.07, 6.45) is 0.466. The third-order valence-electron chi connectivity index (χ3n) is 7.34. The zero-order chi connectivity index (χ0) is 30.5. The average molecular weight is 600 g/mol. The molecule has 1 N–H and O–H groups in total. The quantitative estimate of drug-likeness (QED) is 0.0986. The van der Waals surface area contributed by atoms with Crippen molar-refractivity contribution in [2.45, 2.75) is 30.3 Å². The van der Waals surface area contributed by atoms with E-state index in [-0.39, 0.29) is 11.6 Å². The van der Waals surface area contributed by atoms with Crippen LogP contribution in [0, 0.1) is 17.0 Å². The summed E-state index contributed by atoms with van der Waals surface area (Å²) in [6.45, 7) is 2.05. The highest BCUT2D eigenvalue weighted by Gasteiger charge is 2.26. The van der Waals surface area contributed by atoms with Crippen LogP contribution in [0.15, 0.2) is 126 Å². The lowest BCUT2D eigenvalue weighted by molar-refractivity contribution is -0.384. The van der Waals surface area contributed by atoms with Gasteiger partial charge in [-0.1, -0.05) is 102 Å². The van der Waals surface area contributed by atoms with Gasteiger partial charge in [-0.15, -0.1) is 10.2 Å². The van der Waals surface area contributed by atoms with E-state index in [0.29, 0.717) is 34.4 Å². The Hall–Kier alpha value is -5.28. The summed E-state index contributed by atoms with van der Waals surface area (Å²) < 4.78 is 1.89. The molecule has 1 heterocycles. The Morgan fingerprint density at radius 3 is 2.32 bits per heavy atom. The van der Waals surface area contributed by atoms with Gasteiger partial charge in [-0.25, -0.2) is 0 Å². The lowest BCUT2D eigenvalue weighted by atomic mass is 10.0. The van der Waals surface area contributed by atoms with Crippen molar-refractivity contribution in [2.75, 3.05) is 0 Å². The maximum Gasteiger partial charge on any atom is 0.269 e. The lowest BCUT2D eigenvalue weighted by Gasteiger charge is -2.20. The summed E-state index contributed by atoms with van der Waals surface area (Å²) in [5.41, 5.74) is 4.52. The number of aryl methyl sites for hydroxylation is 1. The number of hydrogen-bond donors (Lipinski definition) is 1.